The summed E-state index contributed by atoms with van der Waals surface area (Å²) in [4.78, 5) is 17.8. The molecule has 3 heterocycles. The van der Waals surface area contributed by atoms with E-state index in [9.17, 15) is 13.2 Å². The summed E-state index contributed by atoms with van der Waals surface area (Å²) in [5, 5.41) is 4.78. The molecular formula is C19H22N4O4S. The van der Waals surface area contributed by atoms with Gasteiger partial charge in [0.25, 0.3) is 0 Å². The summed E-state index contributed by atoms with van der Waals surface area (Å²) in [6, 6.07) is 7.86. The number of amides is 1. The van der Waals surface area contributed by atoms with Gasteiger partial charge in [0.15, 0.2) is 5.76 Å². The zero-order valence-electron chi connectivity index (χ0n) is 15.8. The number of carbonyl (C=O) groups excluding carboxylic acids is 1. The number of nitrogens with one attached hydrogen (secondary N) is 1. The Balaban J connectivity index is 1.43. The maximum absolute atomic E-state index is 12.9. The Hall–Kier alpha value is -2.65. The molecule has 0 aliphatic carbocycles. The molecule has 8 nitrogen and oxygen atoms in total. The highest BCUT2D eigenvalue weighted by Crippen LogP contribution is 2.24. The van der Waals surface area contributed by atoms with Gasteiger partial charge in [0.2, 0.25) is 15.9 Å². The molecule has 1 N–H and O–H groups in total. The van der Waals surface area contributed by atoms with E-state index < -0.39 is 10.0 Å². The number of aromatic nitrogens is 2. The van der Waals surface area contributed by atoms with Gasteiger partial charge < -0.3 is 14.4 Å². The summed E-state index contributed by atoms with van der Waals surface area (Å²) in [5.41, 5.74) is 2.31. The second kappa shape index (κ2) is 7.06. The molecule has 1 aromatic carbocycles. The number of fused-ring (bicyclic) bond motifs is 1. The van der Waals surface area contributed by atoms with Crippen LogP contribution in [0.1, 0.15) is 17.0 Å². The highest BCUT2D eigenvalue weighted by Gasteiger charge is 2.34. The molecule has 1 saturated heterocycles. The van der Waals surface area contributed by atoms with Gasteiger partial charge in [-0.15, -0.1) is 0 Å². The molecule has 0 radical (unpaired) electrons. The van der Waals surface area contributed by atoms with Crippen molar-refractivity contribution in [2.24, 2.45) is 0 Å². The van der Waals surface area contributed by atoms with Crippen LogP contribution in [0.25, 0.3) is 10.9 Å². The number of piperazine rings is 1. The minimum atomic E-state index is -3.67. The summed E-state index contributed by atoms with van der Waals surface area (Å²) < 4.78 is 32.2. The Morgan fingerprint density at radius 3 is 2.57 bits per heavy atom. The molecule has 148 valence electrons. The normalized spacial score (nSPS) is 16.0. The number of hydrogen-bond acceptors (Lipinski definition) is 5. The molecule has 28 heavy (non-hydrogen) atoms. The zero-order valence-corrected chi connectivity index (χ0v) is 16.6. The summed E-state index contributed by atoms with van der Waals surface area (Å²) in [7, 11) is -3.67. The molecule has 0 spiro atoms. The highest BCUT2D eigenvalue weighted by molar-refractivity contribution is 7.89. The number of para-hydroxylation sites is 1. The van der Waals surface area contributed by atoms with Gasteiger partial charge in [-0.05, 0) is 25.5 Å². The third-order valence-corrected chi connectivity index (χ3v) is 7.32. The molecular weight excluding hydrogens is 380 g/mol. The van der Waals surface area contributed by atoms with E-state index in [2.05, 4.69) is 10.1 Å². The van der Waals surface area contributed by atoms with Crippen molar-refractivity contribution in [3.05, 3.63) is 47.5 Å². The summed E-state index contributed by atoms with van der Waals surface area (Å²) in [6.45, 7) is 4.45. The first-order valence-electron chi connectivity index (χ1n) is 9.13. The quantitative estimate of drug-likeness (QED) is 0.718. The number of sulfonamides is 1. The molecule has 9 heteroatoms. The monoisotopic (exact) mass is 402 g/mol. The molecule has 1 fully saturated rings. The Bertz CT molecular complexity index is 1100. The lowest BCUT2D eigenvalue weighted by atomic mass is 10.1. The molecule has 4 rings (SSSR count). The fraction of sp³-hybridized carbons (Fsp3) is 0.368. The maximum atomic E-state index is 12.9. The van der Waals surface area contributed by atoms with Crippen LogP contribution in [0.4, 0.5) is 0 Å². The van der Waals surface area contributed by atoms with Crippen LogP contribution < -0.4 is 0 Å². The van der Waals surface area contributed by atoms with Gasteiger partial charge in [0.05, 0.1) is 6.42 Å². The van der Waals surface area contributed by atoms with Gasteiger partial charge in [-0.1, -0.05) is 23.4 Å². The van der Waals surface area contributed by atoms with Crippen molar-refractivity contribution in [1.29, 1.82) is 0 Å². The fourth-order valence-electron chi connectivity index (χ4n) is 3.70. The van der Waals surface area contributed by atoms with Crippen LogP contribution in [-0.2, 0) is 21.2 Å². The van der Waals surface area contributed by atoms with E-state index in [-0.39, 0.29) is 29.7 Å². The first kappa shape index (κ1) is 18.7. The second-order valence-electron chi connectivity index (χ2n) is 6.97. The van der Waals surface area contributed by atoms with Crippen molar-refractivity contribution in [1.82, 2.24) is 19.3 Å². The predicted octanol–water partition coefficient (Wildman–Crippen LogP) is 1.85. The van der Waals surface area contributed by atoms with E-state index in [1.54, 1.807) is 18.7 Å². The van der Waals surface area contributed by atoms with Crippen molar-refractivity contribution in [2.75, 3.05) is 26.2 Å². The van der Waals surface area contributed by atoms with E-state index in [4.69, 9.17) is 4.52 Å². The molecule has 1 aliphatic rings. The van der Waals surface area contributed by atoms with Crippen LogP contribution in [0, 0.1) is 13.8 Å². The van der Waals surface area contributed by atoms with Gasteiger partial charge in [-0.2, -0.15) is 4.31 Å². The van der Waals surface area contributed by atoms with Gasteiger partial charge in [0, 0.05) is 43.3 Å². The maximum Gasteiger partial charge on any atom is 0.248 e. The lowest BCUT2D eigenvalue weighted by molar-refractivity contribution is -0.131. The Morgan fingerprint density at radius 2 is 1.89 bits per heavy atom. The molecule has 0 saturated carbocycles. The largest absolute Gasteiger partial charge is 0.361 e. The first-order chi connectivity index (χ1) is 13.4. The van der Waals surface area contributed by atoms with Crippen molar-refractivity contribution in [2.45, 2.75) is 25.2 Å². The highest BCUT2D eigenvalue weighted by atomic mass is 32.2. The molecule has 1 amide bonds. The number of H-pyrrole nitrogens is 1. The lowest BCUT2D eigenvalue weighted by Crippen LogP contribution is -2.51. The predicted molar refractivity (Wildman–Crippen MR) is 103 cm³/mol. The van der Waals surface area contributed by atoms with Crippen LogP contribution >= 0.6 is 0 Å². The van der Waals surface area contributed by atoms with Crippen LogP contribution in [0.15, 0.2) is 39.9 Å². The topological polar surface area (TPSA) is 99.5 Å². The van der Waals surface area contributed by atoms with Crippen molar-refractivity contribution < 1.29 is 17.7 Å². The summed E-state index contributed by atoms with van der Waals surface area (Å²) in [5.74, 6) is 0.287. The summed E-state index contributed by atoms with van der Waals surface area (Å²) >= 11 is 0. The van der Waals surface area contributed by atoms with Crippen LogP contribution in [0.3, 0.4) is 0 Å². The number of aryl methyl sites for hydroxylation is 2. The Labute approximate surface area is 163 Å². The van der Waals surface area contributed by atoms with Crippen LogP contribution in [0.2, 0.25) is 0 Å². The number of benzene rings is 1. The third-order valence-electron chi connectivity index (χ3n) is 5.17. The second-order valence-corrected chi connectivity index (χ2v) is 8.85. The van der Waals surface area contributed by atoms with Gasteiger partial charge in [-0.3, -0.25) is 4.79 Å². The molecule has 2 aromatic heterocycles. The molecule has 3 aromatic rings. The average molecular weight is 402 g/mol. The standard InChI is InChI=1S/C19H22N4O4S/c1-13-19(14(2)27-21-13)28(25,26)23-9-7-22(8-10-23)18(24)11-15-12-20-17-6-4-3-5-16(15)17/h3-6,12,20H,7-11H2,1-2H3. The zero-order chi connectivity index (χ0) is 19.9. The Kier molecular flexibility index (Phi) is 4.72. The van der Waals surface area contributed by atoms with Crippen molar-refractivity contribution >= 4 is 26.8 Å². The minimum Gasteiger partial charge on any atom is -0.361 e. The van der Waals surface area contributed by atoms with E-state index >= 15 is 0 Å². The first-order valence-corrected chi connectivity index (χ1v) is 10.6. The lowest BCUT2D eigenvalue weighted by Gasteiger charge is -2.34. The number of nitrogens with zero attached hydrogens (tertiary/aromatic N) is 3. The summed E-state index contributed by atoms with van der Waals surface area (Å²) in [6.07, 6.45) is 2.15. The van der Waals surface area contributed by atoms with E-state index in [0.717, 1.165) is 16.5 Å². The number of hydrogen-bond donors (Lipinski definition) is 1. The smallest absolute Gasteiger partial charge is 0.248 e. The molecule has 0 unspecified atom stereocenters. The SMILES string of the molecule is Cc1noc(C)c1S(=O)(=O)N1CCN(C(=O)Cc2c[nH]c3ccccc23)CC1. The van der Waals surface area contributed by atoms with Crippen LogP contribution in [-0.4, -0.2) is 59.8 Å². The minimum absolute atomic E-state index is 0.000796. The van der Waals surface area contributed by atoms with Crippen molar-refractivity contribution in [3.8, 4) is 0 Å². The number of aromatic amines is 1. The average Bonchev–Trinajstić information content (AvgIpc) is 3.25. The van der Waals surface area contributed by atoms with Gasteiger partial charge in [-0.25, -0.2) is 8.42 Å². The number of rotatable bonds is 4. The third kappa shape index (κ3) is 3.20. The number of carbonyl (C=O) groups is 1. The van der Waals surface area contributed by atoms with Crippen molar-refractivity contribution in [3.63, 3.8) is 0 Å². The molecule has 1 aliphatic heterocycles. The Morgan fingerprint density at radius 1 is 1.18 bits per heavy atom. The van der Waals surface area contributed by atoms with E-state index in [0.29, 0.717) is 25.2 Å². The van der Waals surface area contributed by atoms with E-state index in [1.165, 1.54) is 4.31 Å². The molecule has 0 atom stereocenters. The molecule has 0 bridgehead atoms. The van der Waals surface area contributed by atoms with Crippen LogP contribution in [0.5, 0.6) is 0 Å². The fourth-order valence-corrected chi connectivity index (χ4v) is 5.42. The van der Waals surface area contributed by atoms with E-state index in [1.807, 2.05) is 30.5 Å². The van der Waals surface area contributed by atoms with Gasteiger partial charge in [0.1, 0.15) is 10.6 Å². The van der Waals surface area contributed by atoms with Gasteiger partial charge >= 0.3 is 0 Å².